The van der Waals surface area contributed by atoms with Crippen molar-refractivity contribution < 1.29 is 54.0 Å². The molecule has 17 nitrogen and oxygen atoms in total. The molecule has 2 aliphatic carbocycles. The number of carboxylic acids is 1. The van der Waals surface area contributed by atoms with Crippen molar-refractivity contribution >= 4 is 41.4 Å². The molecule has 7 atom stereocenters. The minimum Gasteiger partial charge on any atom is -0.508 e. The Hall–Kier alpha value is -5.03. The summed E-state index contributed by atoms with van der Waals surface area (Å²) in [4.78, 5) is 93.4. The Kier molecular flexibility index (Phi) is 16.6. The summed E-state index contributed by atoms with van der Waals surface area (Å²) < 4.78 is 0. The summed E-state index contributed by atoms with van der Waals surface area (Å²) >= 11 is 0. The summed E-state index contributed by atoms with van der Waals surface area (Å²) in [6.45, 7) is 3.51. The van der Waals surface area contributed by atoms with Crippen molar-refractivity contribution in [1.29, 1.82) is 0 Å². The molecule has 0 radical (unpaired) electrons. The lowest BCUT2D eigenvalue weighted by atomic mass is 9.79. The lowest BCUT2D eigenvalue weighted by Crippen LogP contribution is -2.58. The van der Waals surface area contributed by atoms with Crippen LogP contribution in [0.15, 0.2) is 46.8 Å². The summed E-state index contributed by atoms with van der Waals surface area (Å²) in [6, 6.07) is -6.33. The van der Waals surface area contributed by atoms with E-state index in [1.165, 1.54) is 40.1 Å². The van der Waals surface area contributed by atoms with Gasteiger partial charge in [0.25, 0.3) is 0 Å². The number of aliphatic hydroxyl groups is 3. The van der Waals surface area contributed by atoms with Crippen LogP contribution in [0, 0.1) is 5.92 Å². The van der Waals surface area contributed by atoms with Crippen molar-refractivity contribution in [2.75, 3.05) is 27.2 Å². The predicted octanol–water partition coefficient (Wildman–Crippen LogP) is 0.0975. The maximum absolute atomic E-state index is 13.9. The van der Waals surface area contributed by atoms with Crippen LogP contribution in [-0.4, -0.2) is 135 Å². The van der Waals surface area contributed by atoms with Gasteiger partial charge >= 0.3 is 5.97 Å². The molecule has 0 saturated carbocycles. The lowest BCUT2D eigenvalue weighted by Gasteiger charge is -2.36. The number of amides is 6. The molecule has 304 valence electrons. The van der Waals surface area contributed by atoms with Crippen molar-refractivity contribution in [2.45, 2.75) is 115 Å². The van der Waals surface area contributed by atoms with Gasteiger partial charge in [-0.3, -0.25) is 28.8 Å². The highest BCUT2D eigenvalue weighted by molar-refractivity contribution is 5.96. The van der Waals surface area contributed by atoms with Gasteiger partial charge in [-0.1, -0.05) is 50.8 Å². The topological polar surface area (TPSA) is 255 Å². The fraction of sp³-hybridized carbons (Fsp3) is 0.605. The van der Waals surface area contributed by atoms with Gasteiger partial charge in [0.1, 0.15) is 36.0 Å². The fourth-order valence-corrected chi connectivity index (χ4v) is 6.72. The number of nitrogens with zero attached hydrogens (tertiary/aromatic N) is 2. The van der Waals surface area contributed by atoms with Gasteiger partial charge in [-0.2, -0.15) is 0 Å². The molecule has 0 spiro atoms. The molecule has 0 aromatic heterocycles. The number of fused-ring (bicyclic) bond motifs is 4. The quantitative estimate of drug-likeness (QED) is 0.104. The molecule has 1 heterocycles. The normalized spacial score (nSPS) is 23.8. The lowest BCUT2D eigenvalue weighted by molar-refractivity contribution is -0.143. The monoisotopic (exact) mass is 772 g/mol. The zero-order valence-electron chi connectivity index (χ0n) is 32.2. The molecule has 6 amide bonds. The van der Waals surface area contributed by atoms with Crippen molar-refractivity contribution in [1.82, 2.24) is 31.1 Å². The van der Waals surface area contributed by atoms with Crippen molar-refractivity contribution in [3.05, 3.63) is 46.8 Å². The zero-order valence-corrected chi connectivity index (χ0v) is 32.2. The van der Waals surface area contributed by atoms with Crippen LogP contribution in [0.4, 0.5) is 0 Å². The number of aliphatic carboxylic acids is 1. The summed E-state index contributed by atoms with van der Waals surface area (Å²) in [6.07, 6.45) is 9.83. The Morgan fingerprint density at radius 3 is 2.33 bits per heavy atom. The Bertz CT molecular complexity index is 1600. The van der Waals surface area contributed by atoms with Crippen LogP contribution in [0.1, 0.15) is 78.6 Å². The van der Waals surface area contributed by atoms with E-state index in [2.05, 4.69) is 28.2 Å². The molecule has 17 heteroatoms. The third kappa shape index (κ3) is 12.0. The summed E-state index contributed by atoms with van der Waals surface area (Å²) in [5.74, 6) is -6.43. The third-order valence-electron chi connectivity index (χ3n) is 10.2. The minimum atomic E-state index is -1.37. The van der Waals surface area contributed by atoms with Gasteiger partial charge in [-0.15, -0.1) is 0 Å². The molecule has 8 N–H and O–H groups in total. The molecule has 0 fully saturated rings. The number of carbonyl (C=O) groups is 7. The van der Waals surface area contributed by atoms with Crippen LogP contribution in [0.25, 0.3) is 0 Å². The first kappa shape index (κ1) is 44.4. The average Bonchev–Trinajstić information content (AvgIpc) is 3.14. The predicted molar refractivity (Wildman–Crippen MR) is 200 cm³/mol. The molecule has 0 aromatic carbocycles. The minimum absolute atomic E-state index is 0.0194. The van der Waals surface area contributed by atoms with Crippen LogP contribution >= 0.6 is 0 Å². The van der Waals surface area contributed by atoms with Gasteiger partial charge in [0.05, 0.1) is 19.3 Å². The second kappa shape index (κ2) is 20.6. The summed E-state index contributed by atoms with van der Waals surface area (Å²) in [5, 5.41) is 51.3. The van der Waals surface area contributed by atoms with E-state index < -0.39 is 90.9 Å². The molecule has 3 aliphatic rings. The molecule has 0 unspecified atom stereocenters. The summed E-state index contributed by atoms with van der Waals surface area (Å²) in [5.41, 5.74) is 1.12. The third-order valence-corrected chi connectivity index (χ3v) is 10.2. The fourth-order valence-electron chi connectivity index (χ4n) is 6.72. The van der Waals surface area contributed by atoms with Crippen LogP contribution in [0.3, 0.4) is 0 Å². The van der Waals surface area contributed by atoms with Gasteiger partial charge in [0.15, 0.2) is 0 Å². The number of carboxylic acid groups (broad SMARTS) is 1. The van der Waals surface area contributed by atoms with Crippen LogP contribution in [0.5, 0.6) is 0 Å². The average molecular weight is 773 g/mol. The van der Waals surface area contributed by atoms with Crippen molar-refractivity contribution in [2.24, 2.45) is 5.92 Å². The molecule has 4 bridgehead atoms. The van der Waals surface area contributed by atoms with Crippen LogP contribution in [0.2, 0.25) is 0 Å². The van der Waals surface area contributed by atoms with Gasteiger partial charge in [-0.25, -0.2) is 4.79 Å². The molecule has 0 aromatic rings. The number of hydrogen-bond donors (Lipinski definition) is 8. The first-order chi connectivity index (χ1) is 26.0. The smallest absolute Gasteiger partial charge is 0.326 e. The van der Waals surface area contributed by atoms with E-state index in [-0.39, 0.29) is 37.3 Å². The molecular weight excluding hydrogens is 716 g/mol. The highest BCUT2D eigenvalue weighted by Gasteiger charge is 2.39. The molecule has 55 heavy (non-hydrogen) atoms. The van der Waals surface area contributed by atoms with E-state index in [1.54, 1.807) is 12.2 Å². The van der Waals surface area contributed by atoms with Crippen molar-refractivity contribution in [3.63, 3.8) is 0 Å². The first-order valence-electron chi connectivity index (χ1n) is 18.7. The SMILES string of the molecule is CCCCCCCC(=O)N(C)[C@H](CO)C(=O)N[C@H](C)C(=O)NCC(=O)N(C)[C@@H]1C(=O)N[C@@H](C)C(=O)N[C@H](C(=O)O)CC2=CC[C@H](O)C(=C2)C2=C(O)C=C[C@H]1C2. The van der Waals surface area contributed by atoms with E-state index in [0.29, 0.717) is 23.1 Å². The molecule has 0 saturated heterocycles. The van der Waals surface area contributed by atoms with Crippen molar-refractivity contribution in [3.8, 4) is 0 Å². The number of likely N-dealkylation sites (N-methyl/N-ethyl adjacent to an activating group) is 2. The maximum atomic E-state index is 13.9. The largest absolute Gasteiger partial charge is 0.508 e. The van der Waals surface area contributed by atoms with Crippen LogP contribution < -0.4 is 21.3 Å². The van der Waals surface area contributed by atoms with E-state index in [1.807, 2.05) is 0 Å². The molecule has 1 aliphatic heterocycles. The second-order valence-electron chi connectivity index (χ2n) is 14.3. The van der Waals surface area contributed by atoms with E-state index in [9.17, 15) is 54.0 Å². The zero-order chi connectivity index (χ0) is 41.0. The Labute approximate surface area is 320 Å². The second-order valence-corrected chi connectivity index (χ2v) is 14.3. The van der Waals surface area contributed by atoms with Crippen LogP contribution in [-0.2, 0) is 33.6 Å². The van der Waals surface area contributed by atoms with Gasteiger partial charge in [0, 0.05) is 38.4 Å². The maximum Gasteiger partial charge on any atom is 0.326 e. The first-order valence-corrected chi connectivity index (χ1v) is 18.7. The number of aliphatic hydroxyl groups excluding tert-OH is 3. The van der Waals surface area contributed by atoms with E-state index >= 15 is 0 Å². The number of carbonyl (C=O) groups excluding carboxylic acids is 6. The highest BCUT2D eigenvalue weighted by atomic mass is 16.4. The van der Waals surface area contributed by atoms with Gasteiger partial charge < -0.3 is 51.5 Å². The molecule has 3 rings (SSSR count). The number of allylic oxidation sites excluding steroid dienone is 2. The number of rotatable bonds is 15. The Balaban J connectivity index is 1.74. The highest BCUT2D eigenvalue weighted by Crippen LogP contribution is 2.36. The van der Waals surface area contributed by atoms with E-state index in [0.717, 1.165) is 35.5 Å². The summed E-state index contributed by atoms with van der Waals surface area (Å²) in [7, 11) is 2.72. The standard InChI is InChI=1S/C38H56N6O11/c1-6-7-8-9-10-11-31(48)43(4)28(20-45)36(52)40-21(2)34(50)39-19-32(49)44(5)33-24-13-15-30(47)26(18-24)25-16-23(12-14-29(25)46)17-27(38(54)55)42-35(51)22(3)41-37(33)53/h12-13,15-16,21-22,24,27-29,33,45-47H,6-11,14,17-20H2,1-5H3,(H,39,50)(H,40,52)(H,41,53)(H,42,51)(H,54,55)/t21-,22+,24+,27+,28-,29+,33+/m1/s1. The molecular formula is C38H56N6O11. The number of nitrogens with one attached hydrogen (secondary N) is 4. The Morgan fingerprint density at radius 2 is 1.67 bits per heavy atom. The number of hydrogen-bond acceptors (Lipinski definition) is 10. The van der Waals surface area contributed by atoms with E-state index in [4.69, 9.17) is 0 Å². The van der Waals surface area contributed by atoms with Gasteiger partial charge in [0.2, 0.25) is 35.4 Å². The Morgan fingerprint density at radius 1 is 0.982 bits per heavy atom. The number of unbranched alkanes of at least 4 members (excludes halogenated alkanes) is 4. The van der Waals surface area contributed by atoms with Gasteiger partial charge in [-0.05, 0) is 50.3 Å².